The van der Waals surface area contributed by atoms with Crippen LogP contribution in [0, 0.1) is 0 Å². The maximum atomic E-state index is 5.93. The molecule has 0 unspecified atom stereocenters. The monoisotopic (exact) mass is 350 g/mol. The number of benzene rings is 2. The Hall–Kier alpha value is -2.62. The van der Waals surface area contributed by atoms with Gasteiger partial charge < -0.3 is 9.47 Å². The Morgan fingerprint density at radius 1 is 0.808 bits per heavy atom. The quantitative estimate of drug-likeness (QED) is 0.794. The highest BCUT2D eigenvalue weighted by atomic mass is 16.5. The van der Waals surface area contributed by atoms with Gasteiger partial charge in [-0.05, 0) is 35.2 Å². The summed E-state index contributed by atoms with van der Waals surface area (Å²) in [5, 5.41) is 0. The standard InChI is InChI=1S/C22H26N2O2/c1-22(2,3)19-8-9-21-18(12-19)14-24(16-26-21)11-10-23-13-17-6-4-5-7-20(17)25-15-23/h4-9,12-14H,10-11,15-16H2,1-3H3/q+2. The Bertz CT molecular complexity index is 891. The number of fused-ring (bicyclic) bond motifs is 2. The Balaban J connectivity index is 1.49. The summed E-state index contributed by atoms with van der Waals surface area (Å²) in [6.07, 6.45) is 4.39. The van der Waals surface area contributed by atoms with Gasteiger partial charge in [0.2, 0.25) is 13.1 Å². The van der Waals surface area contributed by atoms with E-state index in [2.05, 4.69) is 66.6 Å². The summed E-state index contributed by atoms with van der Waals surface area (Å²) in [6.45, 7) is 9.67. The zero-order chi connectivity index (χ0) is 18.1. The lowest BCUT2D eigenvalue weighted by Crippen LogP contribution is -2.33. The smallest absolute Gasteiger partial charge is 0.287 e. The second-order valence-corrected chi connectivity index (χ2v) is 7.97. The molecule has 0 radical (unpaired) electrons. The molecule has 0 bridgehead atoms. The molecule has 2 aliphatic heterocycles. The van der Waals surface area contributed by atoms with E-state index in [0.717, 1.165) is 35.7 Å². The largest absolute Gasteiger partial charge is 0.435 e. The molecule has 0 saturated carbocycles. The van der Waals surface area contributed by atoms with Crippen LogP contribution in [0.2, 0.25) is 0 Å². The summed E-state index contributed by atoms with van der Waals surface area (Å²) in [5.41, 5.74) is 3.76. The van der Waals surface area contributed by atoms with E-state index in [1.165, 1.54) is 5.56 Å². The van der Waals surface area contributed by atoms with Crippen molar-refractivity contribution in [2.75, 3.05) is 26.6 Å². The predicted octanol–water partition coefficient (Wildman–Crippen LogP) is 3.25. The van der Waals surface area contributed by atoms with Crippen molar-refractivity contribution in [3.8, 4) is 11.5 Å². The summed E-state index contributed by atoms with van der Waals surface area (Å²) in [7, 11) is 0. The van der Waals surface area contributed by atoms with Gasteiger partial charge in [-0.3, -0.25) is 0 Å². The molecule has 0 aromatic heterocycles. The molecule has 2 aromatic rings. The van der Waals surface area contributed by atoms with Crippen molar-refractivity contribution in [1.82, 2.24) is 0 Å². The van der Waals surface area contributed by atoms with Gasteiger partial charge in [0.05, 0.1) is 11.1 Å². The molecule has 0 atom stereocenters. The molecule has 4 nitrogen and oxygen atoms in total. The van der Waals surface area contributed by atoms with Gasteiger partial charge in [0.25, 0.3) is 13.5 Å². The van der Waals surface area contributed by atoms with E-state index in [-0.39, 0.29) is 5.41 Å². The van der Waals surface area contributed by atoms with E-state index in [1.807, 2.05) is 18.2 Å². The maximum absolute atomic E-state index is 5.93. The van der Waals surface area contributed by atoms with Crippen molar-refractivity contribution in [3.63, 3.8) is 0 Å². The number of hydrogen-bond donors (Lipinski definition) is 0. The van der Waals surface area contributed by atoms with Crippen molar-refractivity contribution in [3.05, 3.63) is 59.2 Å². The molecule has 0 saturated heterocycles. The van der Waals surface area contributed by atoms with Crippen molar-refractivity contribution in [1.29, 1.82) is 0 Å². The van der Waals surface area contributed by atoms with E-state index in [4.69, 9.17) is 9.47 Å². The molecule has 0 N–H and O–H groups in total. The maximum Gasteiger partial charge on any atom is 0.287 e. The third kappa shape index (κ3) is 3.50. The zero-order valence-electron chi connectivity index (χ0n) is 15.7. The highest BCUT2D eigenvalue weighted by Crippen LogP contribution is 2.28. The van der Waals surface area contributed by atoms with Gasteiger partial charge in [0.15, 0.2) is 12.4 Å². The fourth-order valence-corrected chi connectivity index (χ4v) is 3.25. The number of para-hydroxylation sites is 1. The van der Waals surface area contributed by atoms with Crippen molar-refractivity contribution in [2.24, 2.45) is 0 Å². The van der Waals surface area contributed by atoms with Crippen LogP contribution in [-0.2, 0) is 5.41 Å². The number of hydrogen-bond acceptors (Lipinski definition) is 2. The second-order valence-electron chi connectivity index (χ2n) is 7.97. The SMILES string of the molecule is CC(C)(C)c1ccc2c(c1)C=[N+](CC[N+]1=Cc3ccccc3OC1)CO2. The van der Waals surface area contributed by atoms with Crippen LogP contribution >= 0.6 is 0 Å². The van der Waals surface area contributed by atoms with Crippen molar-refractivity contribution >= 4 is 12.4 Å². The Morgan fingerprint density at radius 3 is 2.12 bits per heavy atom. The first-order valence-corrected chi connectivity index (χ1v) is 9.16. The lowest BCUT2D eigenvalue weighted by molar-refractivity contribution is -0.622. The van der Waals surface area contributed by atoms with E-state index in [0.29, 0.717) is 13.5 Å². The minimum absolute atomic E-state index is 0.138. The number of nitrogens with zero attached hydrogens (tertiary/aromatic N) is 2. The first-order valence-electron chi connectivity index (χ1n) is 9.16. The van der Waals surface area contributed by atoms with Crippen LogP contribution in [-0.4, -0.2) is 48.1 Å². The highest BCUT2D eigenvalue weighted by molar-refractivity contribution is 5.81. The van der Waals surface area contributed by atoms with Crippen LogP contribution < -0.4 is 9.47 Å². The highest BCUT2D eigenvalue weighted by Gasteiger charge is 2.23. The lowest BCUT2D eigenvalue weighted by atomic mass is 9.86. The van der Waals surface area contributed by atoms with Crippen molar-refractivity contribution < 1.29 is 18.6 Å². The predicted molar refractivity (Wildman–Crippen MR) is 103 cm³/mol. The normalized spacial score (nSPS) is 15.8. The Kier molecular flexibility index (Phi) is 4.27. The van der Waals surface area contributed by atoms with Gasteiger partial charge in [0, 0.05) is 0 Å². The molecular weight excluding hydrogens is 324 g/mol. The molecular formula is C22H26N2O2+2. The van der Waals surface area contributed by atoms with Crippen LogP contribution in [0.4, 0.5) is 0 Å². The summed E-state index contributed by atoms with van der Waals surface area (Å²) in [6, 6.07) is 14.6. The summed E-state index contributed by atoms with van der Waals surface area (Å²) in [4.78, 5) is 0. The van der Waals surface area contributed by atoms with Gasteiger partial charge in [-0.25, -0.2) is 0 Å². The number of ether oxygens (including phenoxy) is 2. The van der Waals surface area contributed by atoms with Gasteiger partial charge in [-0.2, -0.15) is 9.15 Å². The van der Waals surface area contributed by atoms with Crippen LogP contribution in [0.25, 0.3) is 0 Å². The fourth-order valence-electron chi connectivity index (χ4n) is 3.25. The molecule has 2 heterocycles. The van der Waals surface area contributed by atoms with E-state index < -0.39 is 0 Å². The average molecular weight is 350 g/mol. The molecule has 2 aromatic carbocycles. The second kappa shape index (κ2) is 6.60. The summed E-state index contributed by atoms with van der Waals surface area (Å²) < 4.78 is 16.2. The van der Waals surface area contributed by atoms with Crippen LogP contribution in [0.15, 0.2) is 42.5 Å². The molecule has 0 aliphatic carbocycles. The molecule has 0 spiro atoms. The Morgan fingerprint density at radius 2 is 1.42 bits per heavy atom. The lowest BCUT2D eigenvalue weighted by Gasteiger charge is -2.21. The van der Waals surface area contributed by atoms with Crippen LogP contribution in [0.1, 0.15) is 37.5 Å². The molecule has 0 fully saturated rings. The fraction of sp³-hybridized carbons (Fsp3) is 0.364. The van der Waals surface area contributed by atoms with E-state index in [1.54, 1.807) is 0 Å². The minimum Gasteiger partial charge on any atom is -0.435 e. The molecule has 4 rings (SSSR count). The zero-order valence-corrected chi connectivity index (χ0v) is 15.7. The first-order chi connectivity index (χ1) is 12.5. The van der Waals surface area contributed by atoms with Crippen LogP contribution in [0.5, 0.6) is 11.5 Å². The van der Waals surface area contributed by atoms with Gasteiger partial charge in [0.1, 0.15) is 11.5 Å². The van der Waals surface area contributed by atoms with Crippen molar-refractivity contribution in [2.45, 2.75) is 26.2 Å². The first kappa shape index (κ1) is 16.8. The molecule has 4 heteroatoms. The van der Waals surface area contributed by atoms with Gasteiger partial charge in [-0.15, -0.1) is 0 Å². The molecule has 0 amide bonds. The van der Waals surface area contributed by atoms with E-state index >= 15 is 0 Å². The summed E-state index contributed by atoms with van der Waals surface area (Å²) in [5.74, 6) is 1.93. The minimum atomic E-state index is 0.138. The number of rotatable bonds is 3. The summed E-state index contributed by atoms with van der Waals surface area (Å²) >= 11 is 0. The third-order valence-electron chi connectivity index (χ3n) is 4.88. The van der Waals surface area contributed by atoms with Gasteiger partial charge >= 0.3 is 0 Å². The Labute approximate surface area is 155 Å². The van der Waals surface area contributed by atoms with E-state index in [9.17, 15) is 0 Å². The topological polar surface area (TPSA) is 24.5 Å². The average Bonchev–Trinajstić information content (AvgIpc) is 2.65. The third-order valence-corrected chi connectivity index (χ3v) is 4.88. The molecule has 2 aliphatic rings. The van der Waals surface area contributed by atoms with Gasteiger partial charge in [-0.1, -0.05) is 39.0 Å². The molecule has 26 heavy (non-hydrogen) atoms. The molecule has 134 valence electrons. The van der Waals surface area contributed by atoms with Crippen LogP contribution in [0.3, 0.4) is 0 Å².